The van der Waals surface area contributed by atoms with E-state index in [-0.39, 0.29) is 22.6 Å². The first-order chi connectivity index (χ1) is 8.93. The Hall–Kier alpha value is -1.63. The number of hydrogen-bond acceptors (Lipinski definition) is 2. The van der Waals surface area contributed by atoms with Gasteiger partial charge in [0.2, 0.25) is 0 Å². The van der Waals surface area contributed by atoms with Crippen molar-refractivity contribution in [3.63, 3.8) is 0 Å². The second kappa shape index (κ2) is 7.08. The molecular weight excluding hydrogens is 317 g/mol. The molecule has 104 valence electrons. The van der Waals surface area contributed by atoms with E-state index in [1.807, 2.05) is 0 Å². The molecule has 0 radical (unpaired) electrons. The van der Waals surface area contributed by atoms with Crippen molar-refractivity contribution < 1.29 is 14.0 Å². The van der Waals surface area contributed by atoms with Gasteiger partial charge in [-0.1, -0.05) is 6.07 Å². The van der Waals surface area contributed by atoms with Crippen LogP contribution in [0.5, 0.6) is 0 Å². The lowest BCUT2D eigenvalue weighted by Gasteiger charge is -2.12. The van der Waals surface area contributed by atoms with Crippen molar-refractivity contribution in [1.29, 1.82) is 0 Å². The van der Waals surface area contributed by atoms with E-state index in [0.29, 0.717) is 6.54 Å². The zero-order valence-corrected chi connectivity index (χ0v) is 12.3. The van der Waals surface area contributed by atoms with Gasteiger partial charge in [0.25, 0.3) is 5.91 Å². The number of nitrogens with zero attached hydrogens (tertiary/aromatic N) is 1. The van der Waals surface area contributed by atoms with E-state index < -0.39 is 11.7 Å². The van der Waals surface area contributed by atoms with E-state index in [1.165, 1.54) is 23.1 Å². The lowest BCUT2D eigenvalue weighted by atomic mass is 10.2. The van der Waals surface area contributed by atoms with Crippen LogP contribution < -0.4 is 10.6 Å². The van der Waals surface area contributed by atoms with Crippen molar-refractivity contribution in [2.45, 2.75) is 0 Å². The smallest absolute Gasteiger partial charge is 0.316 e. The van der Waals surface area contributed by atoms with Crippen LogP contribution >= 0.6 is 15.9 Å². The number of benzene rings is 1. The maximum absolute atomic E-state index is 13.2. The Balaban J connectivity index is 2.44. The molecule has 1 aromatic rings. The Labute approximate surface area is 119 Å². The molecule has 0 fully saturated rings. The standard InChI is InChI=1S/C12H15BrFN3O2/c1-17(2)12(19)16-7-6-15-11(18)8-4-3-5-9(14)10(8)13/h3-5H,6-7H2,1-2H3,(H,15,18)(H,16,19). The van der Waals surface area contributed by atoms with Gasteiger partial charge in [0, 0.05) is 27.2 Å². The van der Waals surface area contributed by atoms with E-state index in [9.17, 15) is 14.0 Å². The fourth-order valence-electron chi connectivity index (χ4n) is 1.28. The molecule has 3 amide bonds. The molecule has 1 aromatic carbocycles. The van der Waals surface area contributed by atoms with E-state index in [4.69, 9.17) is 0 Å². The van der Waals surface area contributed by atoms with Crippen molar-refractivity contribution in [1.82, 2.24) is 15.5 Å². The number of rotatable bonds is 4. The molecule has 0 aromatic heterocycles. The normalized spacial score (nSPS) is 9.89. The fourth-order valence-corrected chi connectivity index (χ4v) is 1.72. The number of amides is 3. The van der Waals surface area contributed by atoms with E-state index in [0.717, 1.165) is 0 Å². The lowest BCUT2D eigenvalue weighted by molar-refractivity contribution is 0.0952. The molecule has 0 saturated carbocycles. The maximum Gasteiger partial charge on any atom is 0.316 e. The molecule has 7 heteroatoms. The van der Waals surface area contributed by atoms with Crippen LogP contribution in [-0.2, 0) is 0 Å². The van der Waals surface area contributed by atoms with Crippen molar-refractivity contribution >= 4 is 27.9 Å². The third-order valence-electron chi connectivity index (χ3n) is 2.29. The summed E-state index contributed by atoms with van der Waals surface area (Å²) < 4.78 is 13.4. The van der Waals surface area contributed by atoms with Crippen LogP contribution in [0.15, 0.2) is 22.7 Å². The summed E-state index contributed by atoms with van der Waals surface area (Å²) in [6.45, 7) is 0.567. The zero-order valence-electron chi connectivity index (χ0n) is 10.7. The van der Waals surface area contributed by atoms with Gasteiger partial charge in [-0.25, -0.2) is 9.18 Å². The van der Waals surface area contributed by atoms with Crippen LogP contribution in [0.3, 0.4) is 0 Å². The Morgan fingerprint density at radius 1 is 1.26 bits per heavy atom. The molecule has 0 aliphatic heterocycles. The third kappa shape index (κ3) is 4.51. The summed E-state index contributed by atoms with van der Waals surface area (Å²) in [5.74, 6) is -0.890. The first-order valence-corrected chi connectivity index (χ1v) is 6.40. The summed E-state index contributed by atoms with van der Waals surface area (Å²) in [7, 11) is 3.25. The molecule has 0 spiro atoms. The minimum atomic E-state index is -0.492. The second-order valence-corrected chi connectivity index (χ2v) is 4.78. The largest absolute Gasteiger partial charge is 0.350 e. The summed E-state index contributed by atoms with van der Waals surface area (Å²) in [4.78, 5) is 24.4. The summed E-state index contributed by atoms with van der Waals surface area (Å²) in [6, 6.07) is 4.00. The molecular formula is C12H15BrFN3O2. The van der Waals surface area contributed by atoms with Gasteiger partial charge in [0.1, 0.15) is 5.82 Å². The SMILES string of the molecule is CN(C)C(=O)NCCNC(=O)c1cccc(F)c1Br. The zero-order chi connectivity index (χ0) is 14.4. The minimum absolute atomic E-state index is 0.129. The van der Waals surface area contributed by atoms with Gasteiger partial charge < -0.3 is 15.5 Å². The van der Waals surface area contributed by atoms with Crippen molar-refractivity contribution in [2.24, 2.45) is 0 Å². The first-order valence-electron chi connectivity index (χ1n) is 5.61. The highest BCUT2D eigenvalue weighted by atomic mass is 79.9. The number of urea groups is 1. The van der Waals surface area contributed by atoms with Crippen molar-refractivity contribution in [3.8, 4) is 0 Å². The van der Waals surface area contributed by atoms with Gasteiger partial charge in [0.15, 0.2) is 0 Å². The van der Waals surface area contributed by atoms with Gasteiger partial charge >= 0.3 is 6.03 Å². The Morgan fingerprint density at radius 3 is 2.53 bits per heavy atom. The second-order valence-electron chi connectivity index (χ2n) is 3.98. The van der Waals surface area contributed by atoms with E-state index >= 15 is 0 Å². The van der Waals surface area contributed by atoms with Gasteiger partial charge in [0.05, 0.1) is 10.0 Å². The highest BCUT2D eigenvalue weighted by molar-refractivity contribution is 9.10. The predicted molar refractivity (Wildman–Crippen MR) is 73.5 cm³/mol. The average Bonchev–Trinajstić information content (AvgIpc) is 2.37. The number of halogens is 2. The maximum atomic E-state index is 13.2. The van der Waals surface area contributed by atoms with Crippen LogP contribution in [0.1, 0.15) is 10.4 Å². The molecule has 0 saturated heterocycles. The molecule has 0 bridgehead atoms. The molecule has 0 aliphatic rings. The third-order valence-corrected chi connectivity index (χ3v) is 3.10. The Bertz CT molecular complexity index is 480. The predicted octanol–water partition coefficient (Wildman–Crippen LogP) is 1.59. The lowest BCUT2D eigenvalue weighted by Crippen LogP contribution is -2.39. The van der Waals surface area contributed by atoms with Crippen molar-refractivity contribution in [2.75, 3.05) is 27.2 Å². The summed E-state index contributed by atoms with van der Waals surface area (Å²) in [5, 5.41) is 5.19. The average molecular weight is 332 g/mol. The highest BCUT2D eigenvalue weighted by Crippen LogP contribution is 2.19. The van der Waals surface area contributed by atoms with Gasteiger partial charge in [-0.05, 0) is 28.1 Å². The molecule has 1 rings (SSSR count). The Morgan fingerprint density at radius 2 is 1.89 bits per heavy atom. The van der Waals surface area contributed by atoms with Crippen LogP contribution in [0.25, 0.3) is 0 Å². The molecule has 5 nitrogen and oxygen atoms in total. The fraction of sp³-hybridized carbons (Fsp3) is 0.333. The van der Waals surface area contributed by atoms with E-state index in [2.05, 4.69) is 26.6 Å². The quantitative estimate of drug-likeness (QED) is 0.823. The Kier molecular flexibility index (Phi) is 5.75. The highest BCUT2D eigenvalue weighted by Gasteiger charge is 2.12. The van der Waals surface area contributed by atoms with Gasteiger partial charge in [-0.2, -0.15) is 0 Å². The number of carbonyl (C=O) groups is 2. The van der Waals surface area contributed by atoms with Gasteiger partial charge in [-0.3, -0.25) is 4.79 Å². The minimum Gasteiger partial charge on any atom is -0.350 e. The summed E-state index contributed by atoms with van der Waals surface area (Å²) in [6.07, 6.45) is 0. The summed E-state index contributed by atoms with van der Waals surface area (Å²) >= 11 is 3.02. The van der Waals surface area contributed by atoms with Crippen LogP contribution in [0.2, 0.25) is 0 Å². The molecule has 0 heterocycles. The number of nitrogens with one attached hydrogen (secondary N) is 2. The topological polar surface area (TPSA) is 61.4 Å². The molecule has 0 atom stereocenters. The van der Waals surface area contributed by atoms with Crippen LogP contribution in [-0.4, -0.2) is 44.0 Å². The van der Waals surface area contributed by atoms with Crippen LogP contribution in [0, 0.1) is 5.82 Å². The van der Waals surface area contributed by atoms with Crippen molar-refractivity contribution in [3.05, 3.63) is 34.1 Å². The molecule has 19 heavy (non-hydrogen) atoms. The molecule has 2 N–H and O–H groups in total. The number of carbonyl (C=O) groups excluding carboxylic acids is 2. The van der Waals surface area contributed by atoms with Gasteiger partial charge in [-0.15, -0.1) is 0 Å². The molecule has 0 aliphatic carbocycles. The first kappa shape index (κ1) is 15.4. The number of hydrogen-bond donors (Lipinski definition) is 2. The summed E-state index contributed by atoms with van der Waals surface area (Å²) in [5.41, 5.74) is 0.221. The van der Waals surface area contributed by atoms with E-state index in [1.54, 1.807) is 14.1 Å². The monoisotopic (exact) mass is 331 g/mol. The van der Waals surface area contributed by atoms with Crippen LogP contribution in [0.4, 0.5) is 9.18 Å². The molecule has 0 unspecified atom stereocenters.